The van der Waals surface area contributed by atoms with Crippen LogP contribution < -0.4 is 5.73 Å². The molecule has 5 nitrogen and oxygen atoms in total. The Morgan fingerprint density at radius 1 is 1.33 bits per heavy atom. The summed E-state index contributed by atoms with van der Waals surface area (Å²) in [6, 6.07) is 4.46. The van der Waals surface area contributed by atoms with Gasteiger partial charge in [0.1, 0.15) is 5.82 Å². The first kappa shape index (κ1) is 12.0. The van der Waals surface area contributed by atoms with Crippen LogP contribution in [0.5, 0.6) is 0 Å². The minimum Gasteiger partial charge on any atom is -0.464 e. The molecule has 1 aromatic heterocycles. The number of ether oxygens (including phenoxy) is 1. The standard InChI is InChI=1S/C11H9F2N3O2/c1-18-11(17)9-5-10(14)16(15-9)6-2-3-7(12)8(13)4-6/h2-5H,14H2,1H3. The molecule has 94 valence electrons. The van der Waals surface area contributed by atoms with Crippen molar-refractivity contribution in [3.63, 3.8) is 0 Å². The van der Waals surface area contributed by atoms with Crippen LogP contribution in [0.4, 0.5) is 14.6 Å². The highest BCUT2D eigenvalue weighted by atomic mass is 19.2. The molecule has 0 atom stereocenters. The van der Waals surface area contributed by atoms with Crippen LogP contribution in [0, 0.1) is 11.6 Å². The molecule has 0 saturated heterocycles. The number of nitrogens with two attached hydrogens (primary N) is 1. The minimum atomic E-state index is -1.03. The molecule has 0 aliphatic heterocycles. The van der Waals surface area contributed by atoms with E-state index in [0.717, 1.165) is 16.8 Å². The van der Waals surface area contributed by atoms with E-state index in [1.165, 1.54) is 19.2 Å². The average molecular weight is 253 g/mol. The molecule has 0 radical (unpaired) electrons. The summed E-state index contributed by atoms with van der Waals surface area (Å²) in [7, 11) is 1.20. The number of methoxy groups -OCH3 is 1. The molecule has 0 fully saturated rings. The van der Waals surface area contributed by atoms with E-state index in [1.54, 1.807) is 0 Å². The number of hydrogen-bond acceptors (Lipinski definition) is 4. The number of aromatic nitrogens is 2. The molecule has 18 heavy (non-hydrogen) atoms. The molecule has 2 aromatic rings. The summed E-state index contributed by atoms with van der Waals surface area (Å²) in [5.74, 6) is -2.55. The second-order valence-corrected chi connectivity index (χ2v) is 3.46. The molecular weight excluding hydrogens is 244 g/mol. The van der Waals surface area contributed by atoms with Gasteiger partial charge in [-0.25, -0.2) is 18.3 Å². The number of hydrogen-bond donors (Lipinski definition) is 1. The molecule has 0 amide bonds. The Morgan fingerprint density at radius 2 is 2.06 bits per heavy atom. The van der Waals surface area contributed by atoms with Crippen LogP contribution in [0.15, 0.2) is 24.3 Å². The topological polar surface area (TPSA) is 70.1 Å². The fourth-order valence-electron chi connectivity index (χ4n) is 1.42. The predicted octanol–water partition coefficient (Wildman–Crippen LogP) is 1.52. The highest BCUT2D eigenvalue weighted by Crippen LogP contribution is 2.17. The summed E-state index contributed by atoms with van der Waals surface area (Å²) in [4.78, 5) is 11.2. The molecule has 0 saturated carbocycles. The van der Waals surface area contributed by atoms with Crippen LogP contribution in [0.25, 0.3) is 5.69 Å². The number of carbonyl (C=O) groups excluding carboxylic acids is 1. The lowest BCUT2D eigenvalue weighted by Crippen LogP contribution is -2.05. The number of rotatable bonds is 2. The van der Waals surface area contributed by atoms with Crippen LogP contribution in [-0.4, -0.2) is 22.9 Å². The summed E-state index contributed by atoms with van der Waals surface area (Å²) in [5.41, 5.74) is 5.83. The quantitative estimate of drug-likeness (QED) is 0.824. The molecule has 7 heteroatoms. The van der Waals surface area contributed by atoms with Crippen LogP contribution in [0.3, 0.4) is 0 Å². The van der Waals surface area contributed by atoms with E-state index in [-0.39, 0.29) is 17.2 Å². The zero-order valence-corrected chi connectivity index (χ0v) is 9.35. The molecule has 1 heterocycles. The third-order valence-corrected chi connectivity index (χ3v) is 2.28. The van der Waals surface area contributed by atoms with Crippen molar-refractivity contribution < 1.29 is 18.3 Å². The maximum absolute atomic E-state index is 13.1. The summed E-state index contributed by atoms with van der Waals surface area (Å²) in [5, 5.41) is 3.85. The van der Waals surface area contributed by atoms with E-state index in [2.05, 4.69) is 9.84 Å². The molecule has 2 rings (SSSR count). The van der Waals surface area contributed by atoms with Crippen molar-refractivity contribution >= 4 is 11.8 Å². The van der Waals surface area contributed by atoms with Crippen molar-refractivity contribution in [3.8, 4) is 5.69 Å². The molecule has 0 aliphatic carbocycles. The van der Waals surface area contributed by atoms with Crippen molar-refractivity contribution in [2.24, 2.45) is 0 Å². The van der Waals surface area contributed by atoms with Gasteiger partial charge in [-0.3, -0.25) is 0 Å². The fourth-order valence-corrected chi connectivity index (χ4v) is 1.42. The van der Waals surface area contributed by atoms with Gasteiger partial charge >= 0.3 is 5.97 Å². The Balaban J connectivity index is 2.47. The van der Waals surface area contributed by atoms with E-state index < -0.39 is 17.6 Å². The van der Waals surface area contributed by atoms with Crippen LogP contribution >= 0.6 is 0 Å². The second kappa shape index (κ2) is 4.44. The molecule has 0 unspecified atom stereocenters. The Hall–Kier alpha value is -2.44. The van der Waals surface area contributed by atoms with Gasteiger partial charge < -0.3 is 10.5 Å². The third kappa shape index (κ3) is 2.02. The first-order chi connectivity index (χ1) is 8.52. The lowest BCUT2D eigenvalue weighted by atomic mass is 10.3. The van der Waals surface area contributed by atoms with E-state index >= 15 is 0 Å². The number of carbonyl (C=O) groups is 1. The molecule has 0 bridgehead atoms. The van der Waals surface area contributed by atoms with Crippen molar-refractivity contribution in [3.05, 3.63) is 41.6 Å². The third-order valence-electron chi connectivity index (χ3n) is 2.28. The maximum atomic E-state index is 13.1. The molecule has 0 aliphatic rings. The zero-order chi connectivity index (χ0) is 13.3. The fraction of sp³-hybridized carbons (Fsp3) is 0.0909. The zero-order valence-electron chi connectivity index (χ0n) is 9.35. The number of halogens is 2. The molecule has 0 spiro atoms. The van der Waals surface area contributed by atoms with E-state index in [4.69, 9.17) is 5.73 Å². The first-order valence-electron chi connectivity index (χ1n) is 4.92. The van der Waals surface area contributed by atoms with Gasteiger partial charge in [-0.15, -0.1) is 0 Å². The van der Waals surface area contributed by atoms with Gasteiger partial charge in [-0.1, -0.05) is 0 Å². The van der Waals surface area contributed by atoms with Crippen molar-refractivity contribution in [1.82, 2.24) is 9.78 Å². The van der Waals surface area contributed by atoms with Gasteiger partial charge in [-0.05, 0) is 12.1 Å². The van der Waals surface area contributed by atoms with Gasteiger partial charge in [-0.2, -0.15) is 5.10 Å². The first-order valence-corrected chi connectivity index (χ1v) is 4.92. The van der Waals surface area contributed by atoms with E-state index in [0.29, 0.717) is 0 Å². The molecule has 2 N–H and O–H groups in total. The van der Waals surface area contributed by atoms with E-state index in [9.17, 15) is 13.6 Å². The predicted molar refractivity (Wildman–Crippen MR) is 59.2 cm³/mol. The molecular formula is C11H9F2N3O2. The number of benzene rings is 1. The Bertz CT molecular complexity index is 610. The smallest absolute Gasteiger partial charge is 0.358 e. The summed E-state index contributed by atoms with van der Waals surface area (Å²) in [6.07, 6.45) is 0. The SMILES string of the molecule is COC(=O)c1cc(N)n(-c2ccc(F)c(F)c2)n1. The highest BCUT2D eigenvalue weighted by Gasteiger charge is 2.14. The normalized spacial score (nSPS) is 10.4. The van der Waals surface area contributed by atoms with Gasteiger partial charge in [0, 0.05) is 12.1 Å². The van der Waals surface area contributed by atoms with Gasteiger partial charge in [0.15, 0.2) is 17.3 Å². The average Bonchev–Trinajstić information content (AvgIpc) is 2.74. The number of nitrogens with zero attached hydrogens (tertiary/aromatic N) is 2. The second-order valence-electron chi connectivity index (χ2n) is 3.46. The number of anilines is 1. The van der Waals surface area contributed by atoms with Crippen molar-refractivity contribution in [2.75, 3.05) is 12.8 Å². The summed E-state index contributed by atoms with van der Waals surface area (Å²) in [6.45, 7) is 0. The monoisotopic (exact) mass is 253 g/mol. The van der Waals surface area contributed by atoms with E-state index in [1.807, 2.05) is 0 Å². The van der Waals surface area contributed by atoms with Gasteiger partial charge in [0.05, 0.1) is 12.8 Å². The summed E-state index contributed by atoms with van der Waals surface area (Å²) >= 11 is 0. The van der Waals surface area contributed by atoms with Gasteiger partial charge in [0.25, 0.3) is 0 Å². The van der Waals surface area contributed by atoms with Gasteiger partial charge in [0.2, 0.25) is 0 Å². The Morgan fingerprint density at radius 3 is 2.67 bits per heavy atom. The Labute approximate surface area is 101 Å². The lowest BCUT2D eigenvalue weighted by Gasteiger charge is -2.03. The highest BCUT2D eigenvalue weighted by molar-refractivity contribution is 5.88. The van der Waals surface area contributed by atoms with Crippen LogP contribution in [0.1, 0.15) is 10.5 Å². The molecule has 1 aromatic carbocycles. The summed E-state index contributed by atoms with van der Waals surface area (Å²) < 4.78 is 31.5. The van der Waals surface area contributed by atoms with Crippen LogP contribution in [0.2, 0.25) is 0 Å². The largest absolute Gasteiger partial charge is 0.464 e. The number of esters is 1. The Kier molecular flexibility index (Phi) is 2.97. The maximum Gasteiger partial charge on any atom is 0.358 e. The minimum absolute atomic E-state index is 0.0141. The number of nitrogen functional groups attached to an aromatic ring is 1. The van der Waals surface area contributed by atoms with Crippen molar-refractivity contribution in [2.45, 2.75) is 0 Å². The van der Waals surface area contributed by atoms with Crippen LogP contribution in [-0.2, 0) is 4.74 Å². The van der Waals surface area contributed by atoms with Crippen molar-refractivity contribution in [1.29, 1.82) is 0 Å². The lowest BCUT2D eigenvalue weighted by molar-refractivity contribution is 0.0593.